The fourth-order valence-electron chi connectivity index (χ4n) is 4.40. The summed E-state index contributed by atoms with van der Waals surface area (Å²) in [5, 5.41) is 3.23. The number of rotatable bonds is 2. The summed E-state index contributed by atoms with van der Waals surface area (Å²) in [6.07, 6.45) is -2.69. The van der Waals surface area contributed by atoms with Crippen molar-refractivity contribution in [3.8, 4) is 0 Å². The predicted molar refractivity (Wildman–Crippen MR) is 103 cm³/mol. The molecule has 5 nitrogen and oxygen atoms in total. The summed E-state index contributed by atoms with van der Waals surface area (Å²) in [5.41, 5.74) is 2.10. The zero-order valence-electron chi connectivity index (χ0n) is 16.6. The van der Waals surface area contributed by atoms with E-state index in [0.717, 1.165) is 17.8 Å². The molecular formula is C22H23F3N2O3. The van der Waals surface area contributed by atoms with Gasteiger partial charge in [0.15, 0.2) is 5.78 Å². The van der Waals surface area contributed by atoms with Gasteiger partial charge in [0, 0.05) is 48.0 Å². The maximum Gasteiger partial charge on any atom is 0.416 e. The van der Waals surface area contributed by atoms with Crippen molar-refractivity contribution < 1.29 is 27.5 Å². The zero-order chi connectivity index (χ0) is 21.5. The highest BCUT2D eigenvalue weighted by atomic mass is 19.4. The van der Waals surface area contributed by atoms with E-state index in [1.54, 1.807) is 11.8 Å². The number of Topliss-reactive ketones (excluding diaryl/α,β-unsaturated/α-hetero) is 1. The van der Waals surface area contributed by atoms with E-state index >= 15 is 0 Å². The zero-order valence-corrected chi connectivity index (χ0v) is 16.6. The lowest BCUT2D eigenvalue weighted by molar-refractivity contribution is -0.137. The molecule has 8 heteroatoms. The number of carbonyl (C=O) groups excluding carboxylic acids is 2. The van der Waals surface area contributed by atoms with Crippen LogP contribution >= 0.6 is 0 Å². The number of allylic oxidation sites excluding steroid dienone is 3. The van der Waals surface area contributed by atoms with Gasteiger partial charge in [0.1, 0.15) is 0 Å². The van der Waals surface area contributed by atoms with E-state index in [2.05, 4.69) is 5.32 Å². The molecule has 30 heavy (non-hydrogen) atoms. The summed E-state index contributed by atoms with van der Waals surface area (Å²) < 4.78 is 44.5. The van der Waals surface area contributed by atoms with Crippen molar-refractivity contribution in [3.63, 3.8) is 0 Å². The number of carbonyl (C=O) groups is 2. The minimum atomic E-state index is -4.45. The summed E-state index contributed by atoms with van der Waals surface area (Å²) in [6.45, 7) is 3.53. The van der Waals surface area contributed by atoms with E-state index in [4.69, 9.17) is 4.74 Å². The second-order valence-electron chi connectivity index (χ2n) is 7.79. The van der Waals surface area contributed by atoms with Crippen molar-refractivity contribution in [3.05, 3.63) is 57.9 Å². The number of alkyl halides is 3. The van der Waals surface area contributed by atoms with Crippen molar-refractivity contribution in [2.24, 2.45) is 0 Å². The summed E-state index contributed by atoms with van der Waals surface area (Å²) in [7, 11) is 0. The van der Waals surface area contributed by atoms with Gasteiger partial charge >= 0.3 is 6.18 Å². The van der Waals surface area contributed by atoms with Gasteiger partial charge in [0.05, 0.1) is 18.8 Å². The first-order valence-electron chi connectivity index (χ1n) is 10.1. The van der Waals surface area contributed by atoms with Gasteiger partial charge in [-0.1, -0.05) is 12.1 Å². The monoisotopic (exact) mass is 420 g/mol. The minimum absolute atomic E-state index is 0.0616. The Morgan fingerprint density at radius 1 is 1.13 bits per heavy atom. The third-order valence-electron chi connectivity index (χ3n) is 5.88. The number of nitrogens with one attached hydrogen (secondary N) is 1. The second-order valence-corrected chi connectivity index (χ2v) is 7.79. The number of amides is 1. The summed E-state index contributed by atoms with van der Waals surface area (Å²) in [5.74, 6) is -0.946. The molecule has 1 saturated heterocycles. The highest BCUT2D eigenvalue weighted by molar-refractivity contribution is 6.05. The fourth-order valence-corrected chi connectivity index (χ4v) is 4.40. The fraction of sp³-hybridized carbons (Fsp3) is 0.455. The van der Waals surface area contributed by atoms with Crippen LogP contribution in [-0.4, -0.2) is 42.9 Å². The van der Waals surface area contributed by atoms with E-state index in [0.29, 0.717) is 68.0 Å². The number of halogens is 3. The van der Waals surface area contributed by atoms with E-state index < -0.39 is 17.7 Å². The van der Waals surface area contributed by atoms with Gasteiger partial charge in [-0.25, -0.2) is 0 Å². The van der Waals surface area contributed by atoms with Gasteiger partial charge in [-0.15, -0.1) is 0 Å². The molecular weight excluding hydrogens is 397 g/mol. The number of dihydropyridines is 1. The van der Waals surface area contributed by atoms with E-state index in [9.17, 15) is 22.8 Å². The van der Waals surface area contributed by atoms with Crippen LogP contribution in [0.15, 0.2) is 46.8 Å². The molecule has 1 fully saturated rings. The Labute approximate surface area is 172 Å². The molecule has 4 rings (SSSR count). The lowest BCUT2D eigenvalue weighted by atomic mass is 9.74. The maximum atomic E-state index is 13.4. The Balaban J connectivity index is 1.79. The molecule has 1 aromatic rings. The molecule has 1 atom stereocenters. The third-order valence-corrected chi connectivity index (χ3v) is 5.88. The molecule has 1 aromatic carbocycles. The largest absolute Gasteiger partial charge is 0.416 e. The molecule has 160 valence electrons. The molecule has 0 aromatic heterocycles. The number of hydrogen-bond acceptors (Lipinski definition) is 4. The van der Waals surface area contributed by atoms with Gasteiger partial charge in [-0.05, 0) is 37.5 Å². The number of ketones is 1. The third kappa shape index (κ3) is 3.76. The number of morpholine rings is 1. The Hall–Kier alpha value is -2.61. The number of nitrogens with zero attached hydrogens (tertiary/aromatic N) is 1. The van der Waals surface area contributed by atoms with E-state index in [1.165, 1.54) is 12.1 Å². The van der Waals surface area contributed by atoms with Crippen LogP contribution in [0.25, 0.3) is 0 Å². The lowest BCUT2D eigenvalue weighted by Crippen LogP contribution is -2.44. The van der Waals surface area contributed by atoms with Crippen LogP contribution in [0, 0.1) is 0 Å². The lowest BCUT2D eigenvalue weighted by Gasteiger charge is -2.37. The minimum Gasteiger partial charge on any atom is -0.378 e. The summed E-state index contributed by atoms with van der Waals surface area (Å²) in [4.78, 5) is 27.9. The molecule has 1 unspecified atom stereocenters. The van der Waals surface area contributed by atoms with Crippen LogP contribution in [0.5, 0.6) is 0 Å². The van der Waals surface area contributed by atoms with Gasteiger partial charge in [0.2, 0.25) is 0 Å². The SMILES string of the molecule is CC1=C(C(=O)N2CCOCC2)C(c2ccc(C(F)(F)F)cc2)C2=C(CCCC2=O)N1. The standard InChI is InChI=1S/C22H23F3N2O3/c1-13-18(21(29)27-9-11-30-12-10-27)19(20-16(26-13)3-2-4-17(20)28)14-5-7-15(8-6-14)22(23,24)25/h5-8,19,26H,2-4,9-12H2,1H3. The number of hydrogen-bond donors (Lipinski definition) is 1. The van der Waals surface area contributed by atoms with Gasteiger partial charge in [-0.2, -0.15) is 13.2 Å². The molecule has 1 N–H and O–H groups in total. The molecule has 0 radical (unpaired) electrons. The van der Waals surface area contributed by atoms with Gasteiger partial charge < -0.3 is 15.0 Å². The normalized spacial score (nSPS) is 22.7. The Morgan fingerprint density at radius 3 is 2.43 bits per heavy atom. The van der Waals surface area contributed by atoms with Crippen molar-refractivity contribution in [2.75, 3.05) is 26.3 Å². The highest BCUT2D eigenvalue weighted by Crippen LogP contribution is 2.43. The molecule has 2 aliphatic heterocycles. The second kappa shape index (κ2) is 7.91. The van der Waals surface area contributed by atoms with E-state index in [1.807, 2.05) is 0 Å². The quantitative estimate of drug-likeness (QED) is 0.795. The van der Waals surface area contributed by atoms with Crippen molar-refractivity contribution >= 4 is 11.7 Å². The molecule has 3 aliphatic rings. The van der Waals surface area contributed by atoms with E-state index in [-0.39, 0.29) is 11.7 Å². The average molecular weight is 420 g/mol. The first-order chi connectivity index (χ1) is 14.3. The Kier molecular flexibility index (Phi) is 5.44. The number of ether oxygens (including phenoxy) is 1. The highest BCUT2D eigenvalue weighted by Gasteiger charge is 2.40. The number of benzene rings is 1. The molecule has 2 heterocycles. The average Bonchev–Trinajstić information content (AvgIpc) is 2.72. The van der Waals surface area contributed by atoms with Crippen LogP contribution in [0.2, 0.25) is 0 Å². The van der Waals surface area contributed by atoms with Crippen LogP contribution in [0.4, 0.5) is 13.2 Å². The predicted octanol–water partition coefficient (Wildman–Crippen LogP) is 3.53. The smallest absolute Gasteiger partial charge is 0.378 e. The summed E-state index contributed by atoms with van der Waals surface area (Å²) in [6, 6.07) is 4.78. The van der Waals surface area contributed by atoms with Crippen LogP contribution in [0.3, 0.4) is 0 Å². The Bertz CT molecular complexity index is 926. The summed E-state index contributed by atoms with van der Waals surface area (Å²) >= 11 is 0. The van der Waals surface area contributed by atoms with Crippen LogP contribution in [0.1, 0.15) is 43.2 Å². The molecule has 1 aliphatic carbocycles. The van der Waals surface area contributed by atoms with Gasteiger partial charge in [0.25, 0.3) is 5.91 Å². The first kappa shape index (κ1) is 20.7. The maximum absolute atomic E-state index is 13.4. The molecule has 0 bridgehead atoms. The van der Waals surface area contributed by atoms with Gasteiger partial charge in [-0.3, -0.25) is 9.59 Å². The van der Waals surface area contributed by atoms with Crippen molar-refractivity contribution in [1.82, 2.24) is 10.2 Å². The van der Waals surface area contributed by atoms with Crippen LogP contribution < -0.4 is 5.32 Å². The molecule has 0 spiro atoms. The van der Waals surface area contributed by atoms with Crippen molar-refractivity contribution in [1.29, 1.82) is 0 Å². The first-order valence-corrected chi connectivity index (χ1v) is 10.1. The Morgan fingerprint density at radius 2 is 1.80 bits per heavy atom. The van der Waals surface area contributed by atoms with Crippen molar-refractivity contribution in [2.45, 2.75) is 38.3 Å². The topological polar surface area (TPSA) is 58.6 Å². The molecule has 0 saturated carbocycles. The van der Waals surface area contributed by atoms with Crippen LogP contribution in [-0.2, 0) is 20.5 Å². The molecule has 1 amide bonds.